The second-order valence-electron chi connectivity index (χ2n) is 11.2. The zero-order valence-corrected chi connectivity index (χ0v) is 26.0. The van der Waals surface area contributed by atoms with Crippen LogP contribution in [0.2, 0.25) is 0 Å². The number of nitrogens with one attached hydrogen (secondary N) is 2. The minimum atomic E-state index is -1.05. The molecule has 3 rings (SSSR count). The van der Waals surface area contributed by atoms with Crippen molar-refractivity contribution >= 4 is 23.6 Å². The van der Waals surface area contributed by atoms with E-state index in [9.17, 15) is 24.3 Å². The fourth-order valence-electron chi connectivity index (χ4n) is 5.03. The SMILES string of the molecule is NCCCCNC(=O)CC(CCc1ccc(-c2ccccc2)cc1)C(=O)CN(CCC(=O)O)C(=O)CNCCc1ccccc1. The first-order valence-corrected chi connectivity index (χ1v) is 15.7. The molecule has 0 spiro atoms. The predicted octanol–water partition coefficient (Wildman–Crippen LogP) is 3.85. The molecule has 0 aromatic heterocycles. The van der Waals surface area contributed by atoms with Gasteiger partial charge in [-0.2, -0.15) is 0 Å². The van der Waals surface area contributed by atoms with Crippen LogP contribution in [0.15, 0.2) is 84.9 Å². The van der Waals surface area contributed by atoms with Crippen LogP contribution in [0.4, 0.5) is 0 Å². The minimum absolute atomic E-state index is 0.000155. The lowest BCUT2D eigenvalue weighted by Gasteiger charge is -2.24. The number of benzene rings is 3. The van der Waals surface area contributed by atoms with Gasteiger partial charge in [-0.25, -0.2) is 0 Å². The molecule has 9 heteroatoms. The summed E-state index contributed by atoms with van der Waals surface area (Å²) >= 11 is 0. The van der Waals surface area contributed by atoms with Crippen LogP contribution in [0.5, 0.6) is 0 Å². The molecule has 2 amide bonds. The van der Waals surface area contributed by atoms with E-state index < -0.39 is 11.9 Å². The molecule has 0 fully saturated rings. The van der Waals surface area contributed by atoms with Gasteiger partial charge in [-0.3, -0.25) is 19.2 Å². The number of hydrogen-bond acceptors (Lipinski definition) is 6. The standard InChI is InChI=1S/C36H46N4O5/c37-21-7-8-22-39-34(42)25-32(18-15-29-13-16-31(17-14-29)30-11-5-2-6-12-30)33(41)27-40(24-20-36(44)45)35(43)26-38-23-19-28-9-3-1-4-10-28/h1-6,9-14,16-17,32,38H,7-8,15,18-27,37H2,(H,39,42)(H,44,45). The fraction of sp³-hybridized carbons (Fsp3) is 0.389. The van der Waals surface area contributed by atoms with E-state index in [0.717, 1.165) is 41.5 Å². The molecule has 1 unspecified atom stereocenters. The fourth-order valence-corrected chi connectivity index (χ4v) is 5.03. The molecule has 45 heavy (non-hydrogen) atoms. The van der Waals surface area contributed by atoms with Crippen molar-refractivity contribution in [2.75, 3.05) is 39.3 Å². The molecule has 0 saturated carbocycles. The van der Waals surface area contributed by atoms with Crippen molar-refractivity contribution in [2.24, 2.45) is 11.7 Å². The molecule has 1 atom stereocenters. The van der Waals surface area contributed by atoms with Crippen molar-refractivity contribution in [2.45, 2.75) is 44.9 Å². The largest absolute Gasteiger partial charge is 0.481 e. The molecule has 240 valence electrons. The number of nitrogens with zero attached hydrogens (tertiary/aromatic N) is 1. The highest BCUT2D eigenvalue weighted by Crippen LogP contribution is 2.21. The van der Waals surface area contributed by atoms with Gasteiger partial charge in [-0.15, -0.1) is 0 Å². The summed E-state index contributed by atoms with van der Waals surface area (Å²) in [6.07, 6.45) is 3.01. The highest BCUT2D eigenvalue weighted by Gasteiger charge is 2.26. The van der Waals surface area contributed by atoms with E-state index in [1.165, 1.54) is 4.90 Å². The second-order valence-corrected chi connectivity index (χ2v) is 11.2. The summed E-state index contributed by atoms with van der Waals surface area (Å²) in [5.74, 6) is -2.50. The third kappa shape index (κ3) is 13.5. The lowest BCUT2D eigenvalue weighted by atomic mass is 9.91. The van der Waals surface area contributed by atoms with Crippen molar-refractivity contribution in [3.63, 3.8) is 0 Å². The van der Waals surface area contributed by atoms with Crippen LogP contribution in [0.3, 0.4) is 0 Å². The number of carboxylic acid groups (broad SMARTS) is 1. The Morgan fingerprint density at radius 2 is 1.42 bits per heavy atom. The van der Waals surface area contributed by atoms with Gasteiger partial charge in [0.2, 0.25) is 11.8 Å². The lowest BCUT2D eigenvalue weighted by Crippen LogP contribution is -2.44. The number of hydrogen-bond donors (Lipinski definition) is 4. The van der Waals surface area contributed by atoms with Crippen LogP contribution in [-0.2, 0) is 32.0 Å². The predicted molar refractivity (Wildman–Crippen MR) is 176 cm³/mol. The number of unbranched alkanes of at least 4 members (excludes halogenated alkanes) is 1. The highest BCUT2D eigenvalue weighted by atomic mass is 16.4. The summed E-state index contributed by atoms with van der Waals surface area (Å²) in [5, 5.41) is 15.3. The van der Waals surface area contributed by atoms with Gasteiger partial charge in [-0.1, -0.05) is 84.9 Å². The van der Waals surface area contributed by atoms with E-state index in [0.29, 0.717) is 32.5 Å². The average Bonchev–Trinajstić information content (AvgIpc) is 3.06. The monoisotopic (exact) mass is 614 g/mol. The summed E-state index contributed by atoms with van der Waals surface area (Å²) in [6, 6.07) is 28.1. The van der Waals surface area contributed by atoms with E-state index in [1.807, 2.05) is 84.9 Å². The molecule has 0 radical (unpaired) electrons. The van der Waals surface area contributed by atoms with E-state index in [2.05, 4.69) is 10.6 Å². The van der Waals surface area contributed by atoms with Crippen LogP contribution in [0.25, 0.3) is 11.1 Å². The molecule has 5 N–H and O–H groups in total. The van der Waals surface area contributed by atoms with Crippen molar-refractivity contribution in [3.05, 3.63) is 96.1 Å². The number of ketones is 1. The van der Waals surface area contributed by atoms with Crippen molar-refractivity contribution in [1.29, 1.82) is 0 Å². The van der Waals surface area contributed by atoms with Crippen LogP contribution < -0.4 is 16.4 Å². The molecule has 0 aliphatic heterocycles. The van der Waals surface area contributed by atoms with E-state index >= 15 is 0 Å². The maximum absolute atomic E-state index is 13.6. The number of aryl methyl sites for hydroxylation is 1. The van der Waals surface area contributed by atoms with Gasteiger partial charge in [0, 0.05) is 25.4 Å². The molecule has 0 aliphatic carbocycles. The molecule has 0 aliphatic rings. The van der Waals surface area contributed by atoms with Gasteiger partial charge in [-0.05, 0) is 67.4 Å². The molecule has 0 saturated heterocycles. The number of rotatable bonds is 21. The van der Waals surface area contributed by atoms with Crippen LogP contribution in [0.1, 0.15) is 43.2 Å². The Bertz CT molecular complexity index is 1330. The van der Waals surface area contributed by atoms with E-state index in [4.69, 9.17) is 5.73 Å². The second kappa shape index (κ2) is 19.8. The Labute approximate surface area is 266 Å². The Hall–Kier alpha value is -4.34. The molecule has 0 bridgehead atoms. The summed E-state index contributed by atoms with van der Waals surface area (Å²) in [7, 11) is 0. The normalized spacial score (nSPS) is 11.5. The number of Topliss-reactive ketones (excluding diaryl/α,β-unsaturated/α-hetero) is 1. The Balaban J connectivity index is 1.64. The third-order valence-electron chi connectivity index (χ3n) is 7.69. The molecule has 9 nitrogen and oxygen atoms in total. The van der Waals surface area contributed by atoms with E-state index in [-0.39, 0.29) is 50.1 Å². The van der Waals surface area contributed by atoms with Crippen molar-refractivity contribution in [1.82, 2.24) is 15.5 Å². The molecule has 3 aromatic rings. The van der Waals surface area contributed by atoms with Gasteiger partial charge in [0.1, 0.15) is 0 Å². The summed E-state index contributed by atoms with van der Waals surface area (Å²) in [4.78, 5) is 52.2. The Morgan fingerprint density at radius 3 is 2.09 bits per heavy atom. The van der Waals surface area contributed by atoms with Gasteiger partial charge in [0.05, 0.1) is 19.5 Å². The summed E-state index contributed by atoms with van der Waals surface area (Å²) in [5.41, 5.74) is 9.93. The van der Waals surface area contributed by atoms with Crippen LogP contribution in [-0.4, -0.2) is 72.8 Å². The number of carbonyl (C=O) groups is 4. The zero-order valence-electron chi connectivity index (χ0n) is 26.0. The first-order valence-electron chi connectivity index (χ1n) is 15.7. The number of carboxylic acids is 1. The summed E-state index contributed by atoms with van der Waals surface area (Å²) in [6.45, 7) is 1.24. The number of carbonyl (C=O) groups excluding carboxylic acids is 3. The maximum atomic E-state index is 13.6. The minimum Gasteiger partial charge on any atom is -0.481 e. The Kier molecular flexibility index (Phi) is 15.5. The molecular weight excluding hydrogens is 568 g/mol. The lowest BCUT2D eigenvalue weighted by molar-refractivity contribution is -0.140. The first kappa shape index (κ1) is 35.1. The van der Waals surface area contributed by atoms with Gasteiger partial charge >= 0.3 is 5.97 Å². The van der Waals surface area contributed by atoms with Crippen LogP contribution >= 0.6 is 0 Å². The van der Waals surface area contributed by atoms with Gasteiger partial charge < -0.3 is 26.4 Å². The molecule has 0 heterocycles. The molecule has 3 aromatic carbocycles. The van der Waals surface area contributed by atoms with Crippen molar-refractivity contribution in [3.8, 4) is 11.1 Å². The van der Waals surface area contributed by atoms with Crippen molar-refractivity contribution < 1.29 is 24.3 Å². The maximum Gasteiger partial charge on any atom is 0.305 e. The van der Waals surface area contributed by atoms with Gasteiger partial charge in [0.25, 0.3) is 0 Å². The van der Waals surface area contributed by atoms with E-state index in [1.54, 1.807) is 0 Å². The molecular formula is C36H46N4O5. The zero-order chi connectivity index (χ0) is 32.3. The first-order chi connectivity index (χ1) is 21.9. The van der Waals surface area contributed by atoms with Crippen LogP contribution in [0, 0.1) is 5.92 Å². The number of aliphatic carboxylic acids is 1. The smallest absolute Gasteiger partial charge is 0.305 e. The quantitative estimate of drug-likeness (QED) is 0.134. The topological polar surface area (TPSA) is 142 Å². The summed E-state index contributed by atoms with van der Waals surface area (Å²) < 4.78 is 0. The van der Waals surface area contributed by atoms with Gasteiger partial charge in [0.15, 0.2) is 5.78 Å². The third-order valence-corrected chi connectivity index (χ3v) is 7.69. The average molecular weight is 615 g/mol. The Morgan fingerprint density at radius 1 is 0.778 bits per heavy atom. The number of amides is 2. The number of nitrogens with two attached hydrogens (primary N) is 1. The highest BCUT2D eigenvalue weighted by molar-refractivity contribution is 5.91.